The maximum absolute atomic E-state index is 11.4. The van der Waals surface area contributed by atoms with Gasteiger partial charge in [0.2, 0.25) is 0 Å². The molecule has 0 N–H and O–H groups in total. The van der Waals surface area contributed by atoms with Gasteiger partial charge in [-0.25, -0.2) is 4.79 Å². The van der Waals surface area contributed by atoms with Crippen LogP contribution in [0.25, 0.3) is 11.5 Å². The van der Waals surface area contributed by atoms with Gasteiger partial charge in [0.25, 0.3) is 11.7 Å². The number of rotatable bonds is 5. The number of nitro groups is 1. The fourth-order valence-electron chi connectivity index (χ4n) is 1.58. The standard InChI is InChI=1S/C12H11N3O6/c1-3-20-12(16)10-13-11(21-14-10)7-4-5-9(19-2)8(6-7)15(17)18/h4-6H,3H2,1-2H3. The molecule has 1 heterocycles. The van der Waals surface area contributed by atoms with Gasteiger partial charge in [-0.05, 0) is 24.2 Å². The minimum Gasteiger partial charge on any atom is -0.490 e. The summed E-state index contributed by atoms with van der Waals surface area (Å²) < 4.78 is 14.5. The van der Waals surface area contributed by atoms with Gasteiger partial charge in [-0.3, -0.25) is 10.1 Å². The Hall–Kier alpha value is -2.97. The summed E-state index contributed by atoms with van der Waals surface area (Å²) in [4.78, 5) is 25.6. The lowest BCUT2D eigenvalue weighted by molar-refractivity contribution is -0.385. The van der Waals surface area contributed by atoms with Crippen LogP contribution in [0.3, 0.4) is 0 Å². The molecule has 0 radical (unpaired) electrons. The second-order valence-corrected chi connectivity index (χ2v) is 3.79. The Morgan fingerprint density at radius 1 is 1.48 bits per heavy atom. The number of benzene rings is 1. The minimum atomic E-state index is -0.726. The molecule has 0 bridgehead atoms. The van der Waals surface area contributed by atoms with E-state index in [1.165, 1.54) is 25.3 Å². The maximum atomic E-state index is 11.4. The van der Waals surface area contributed by atoms with Crippen LogP contribution in [0.2, 0.25) is 0 Å². The van der Waals surface area contributed by atoms with E-state index < -0.39 is 10.9 Å². The number of aromatic nitrogens is 2. The third-order valence-electron chi connectivity index (χ3n) is 2.51. The van der Waals surface area contributed by atoms with Crippen molar-refractivity contribution in [1.29, 1.82) is 0 Å². The Morgan fingerprint density at radius 2 is 2.24 bits per heavy atom. The maximum Gasteiger partial charge on any atom is 0.379 e. The lowest BCUT2D eigenvalue weighted by Crippen LogP contribution is -2.06. The van der Waals surface area contributed by atoms with Gasteiger partial charge in [-0.1, -0.05) is 0 Å². The Bertz CT molecular complexity index is 681. The highest BCUT2D eigenvalue weighted by atomic mass is 16.6. The van der Waals surface area contributed by atoms with Gasteiger partial charge in [-0.15, -0.1) is 0 Å². The molecule has 0 aliphatic heterocycles. The molecule has 9 heteroatoms. The highest BCUT2D eigenvalue weighted by Crippen LogP contribution is 2.31. The van der Waals surface area contributed by atoms with Crippen LogP contribution < -0.4 is 4.74 Å². The van der Waals surface area contributed by atoms with Crippen LogP contribution in [0, 0.1) is 10.1 Å². The van der Waals surface area contributed by atoms with Gasteiger partial charge in [0.15, 0.2) is 5.75 Å². The normalized spacial score (nSPS) is 10.2. The van der Waals surface area contributed by atoms with E-state index in [0.29, 0.717) is 5.56 Å². The molecule has 110 valence electrons. The van der Waals surface area contributed by atoms with Crippen molar-refractivity contribution in [3.63, 3.8) is 0 Å². The molecule has 0 saturated heterocycles. The Morgan fingerprint density at radius 3 is 2.86 bits per heavy atom. The predicted octanol–water partition coefficient (Wildman–Crippen LogP) is 1.83. The third kappa shape index (κ3) is 2.96. The molecule has 2 aromatic rings. The monoisotopic (exact) mass is 293 g/mol. The molecule has 1 aromatic heterocycles. The van der Waals surface area contributed by atoms with E-state index in [1.54, 1.807) is 6.92 Å². The van der Waals surface area contributed by atoms with Crippen molar-refractivity contribution in [3.05, 3.63) is 34.1 Å². The molecule has 9 nitrogen and oxygen atoms in total. The highest BCUT2D eigenvalue weighted by Gasteiger charge is 2.20. The molecule has 2 rings (SSSR count). The van der Waals surface area contributed by atoms with E-state index in [9.17, 15) is 14.9 Å². The third-order valence-corrected chi connectivity index (χ3v) is 2.51. The van der Waals surface area contributed by atoms with Crippen molar-refractivity contribution in [3.8, 4) is 17.2 Å². The van der Waals surface area contributed by atoms with E-state index in [2.05, 4.69) is 10.1 Å². The van der Waals surface area contributed by atoms with E-state index in [-0.39, 0.29) is 29.8 Å². The quantitative estimate of drug-likeness (QED) is 0.465. The van der Waals surface area contributed by atoms with Crippen LogP contribution in [0.4, 0.5) is 5.69 Å². The molecule has 0 saturated carbocycles. The second kappa shape index (κ2) is 5.99. The summed E-state index contributed by atoms with van der Waals surface area (Å²) in [5, 5.41) is 14.4. The zero-order valence-electron chi connectivity index (χ0n) is 11.2. The first kappa shape index (κ1) is 14.4. The lowest BCUT2D eigenvalue weighted by Gasteiger charge is -2.01. The SMILES string of the molecule is CCOC(=O)c1noc(-c2ccc(OC)c([N+](=O)[O-])c2)n1. The summed E-state index contributed by atoms with van der Waals surface area (Å²) >= 11 is 0. The summed E-state index contributed by atoms with van der Waals surface area (Å²) in [5.74, 6) is -0.890. The smallest absolute Gasteiger partial charge is 0.379 e. The number of ether oxygens (including phenoxy) is 2. The first-order valence-corrected chi connectivity index (χ1v) is 5.90. The van der Waals surface area contributed by atoms with Crippen LogP contribution >= 0.6 is 0 Å². The number of hydrogen-bond acceptors (Lipinski definition) is 8. The predicted molar refractivity (Wildman–Crippen MR) is 68.9 cm³/mol. The van der Waals surface area contributed by atoms with Crippen LogP contribution in [-0.4, -0.2) is 34.7 Å². The van der Waals surface area contributed by atoms with Gasteiger partial charge in [0.1, 0.15) is 0 Å². The van der Waals surface area contributed by atoms with Crippen LogP contribution in [0.1, 0.15) is 17.5 Å². The first-order chi connectivity index (χ1) is 10.1. The van der Waals surface area contributed by atoms with Gasteiger partial charge >= 0.3 is 11.7 Å². The Kier molecular flexibility index (Phi) is 4.12. The van der Waals surface area contributed by atoms with E-state index in [4.69, 9.17) is 14.0 Å². The topological polar surface area (TPSA) is 118 Å². The summed E-state index contributed by atoms with van der Waals surface area (Å²) in [7, 11) is 1.33. The fourth-order valence-corrected chi connectivity index (χ4v) is 1.58. The molecular formula is C12H11N3O6. The van der Waals surface area contributed by atoms with Crippen molar-refractivity contribution in [2.24, 2.45) is 0 Å². The number of nitro benzene ring substituents is 1. The highest BCUT2D eigenvalue weighted by molar-refractivity contribution is 5.85. The molecule has 0 unspecified atom stereocenters. The summed E-state index contributed by atoms with van der Waals surface area (Å²) in [6.07, 6.45) is 0. The summed E-state index contributed by atoms with van der Waals surface area (Å²) in [6, 6.07) is 4.14. The number of carbonyl (C=O) groups excluding carboxylic acids is 1. The van der Waals surface area contributed by atoms with Gasteiger partial charge in [-0.2, -0.15) is 4.98 Å². The van der Waals surface area contributed by atoms with Crippen molar-refractivity contribution in [2.75, 3.05) is 13.7 Å². The summed E-state index contributed by atoms with van der Waals surface area (Å²) in [5.41, 5.74) is 0.0523. The molecular weight excluding hydrogens is 282 g/mol. The van der Waals surface area contributed by atoms with Crippen LogP contribution in [0.15, 0.2) is 22.7 Å². The first-order valence-electron chi connectivity index (χ1n) is 5.90. The van der Waals surface area contributed by atoms with Crippen molar-refractivity contribution < 1.29 is 23.7 Å². The largest absolute Gasteiger partial charge is 0.490 e. The van der Waals surface area contributed by atoms with E-state index in [0.717, 1.165) is 0 Å². The molecule has 0 atom stereocenters. The zero-order valence-corrected chi connectivity index (χ0v) is 11.2. The van der Waals surface area contributed by atoms with Crippen LogP contribution in [-0.2, 0) is 4.74 Å². The molecule has 0 amide bonds. The Labute approximate surface area is 118 Å². The number of hydrogen-bond donors (Lipinski definition) is 0. The van der Waals surface area contributed by atoms with E-state index in [1.807, 2.05) is 0 Å². The van der Waals surface area contributed by atoms with Gasteiger partial charge < -0.3 is 14.0 Å². The fraction of sp³-hybridized carbons (Fsp3) is 0.250. The van der Waals surface area contributed by atoms with Gasteiger partial charge in [0, 0.05) is 11.6 Å². The van der Waals surface area contributed by atoms with Gasteiger partial charge in [0.05, 0.1) is 18.6 Å². The lowest BCUT2D eigenvalue weighted by atomic mass is 10.2. The molecule has 0 spiro atoms. The molecule has 21 heavy (non-hydrogen) atoms. The average Bonchev–Trinajstić information content (AvgIpc) is 2.96. The van der Waals surface area contributed by atoms with E-state index >= 15 is 0 Å². The van der Waals surface area contributed by atoms with Crippen molar-refractivity contribution in [2.45, 2.75) is 6.92 Å². The number of methoxy groups -OCH3 is 1. The number of nitrogens with zero attached hydrogens (tertiary/aromatic N) is 3. The minimum absolute atomic E-state index is 0.0243. The molecule has 1 aromatic carbocycles. The summed E-state index contributed by atoms with van der Waals surface area (Å²) in [6.45, 7) is 1.82. The van der Waals surface area contributed by atoms with Crippen LogP contribution in [0.5, 0.6) is 5.75 Å². The van der Waals surface area contributed by atoms with Crippen molar-refractivity contribution in [1.82, 2.24) is 10.1 Å². The molecule has 0 aliphatic rings. The number of esters is 1. The molecule has 0 aliphatic carbocycles. The number of carbonyl (C=O) groups is 1. The van der Waals surface area contributed by atoms with Crippen molar-refractivity contribution >= 4 is 11.7 Å². The zero-order chi connectivity index (χ0) is 15.4. The molecule has 0 fully saturated rings. The average molecular weight is 293 g/mol. The Balaban J connectivity index is 2.36. The second-order valence-electron chi connectivity index (χ2n) is 3.79.